The van der Waals surface area contributed by atoms with Gasteiger partial charge >= 0.3 is 0 Å². The normalized spacial score (nSPS) is 10.7. The van der Waals surface area contributed by atoms with Gasteiger partial charge in [-0.05, 0) is 25.1 Å². The molecule has 0 amide bonds. The van der Waals surface area contributed by atoms with E-state index in [1.807, 2.05) is 31.8 Å². The summed E-state index contributed by atoms with van der Waals surface area (Å²) in [6.45, 7) is 4.17. The molecule has 2 aromatic rings. The first-order chi connectivity index (χ1) is 9.15. The van der Waals surface area contributed by atoms with Gasteiger partial charge < -0.3 is 9.88 Å². The monoisotopic (exact) mass is 277 g/mol. The quantitative estimate of drug-likeness (QED) is 0.852. The lowest BCUT2D eigenvalue weighted by Gasteiger charge is -2.11. The van der Waals surface area contributed by atoms with Gasteiger partial charge in [0.25, 0.3) is 0 Å². The third-order valence-electron chi connectivity index (χ3n) is 2.82. The largest absolute Gasteiger partial charge is 0.373 e. The van der Waals surface area contributed by atoms with E-state index in [2.05, 4.69) is 27.2 Å². The molecule has 2 aromatic heterocycles. The van der Waals surface area contributed by atoms with Crippen LogP contribution < -0.4 is 5.32 Å². The number of nitrogens with one attached hydrogen (secondary N) is 1. The Morgan fingerprint density at radius 1 is 1.37 bits per heavy atom. The van der Waals surface area contributed by atoms with Gasteiger partial charge in [-0.15, -0.1) is 0 Å². The lowest BCUT2D eigenvalue weighted by atomic mass is 10.3. The maximum absolute atomic E-state index is 4.65. The van der Waals surface area contributed by atoms with Gasteiger partial charge in [0.05, 0.1) is 0 Å². The Kier molecular flexibility index (Phi) is 4.42. The van der Waals surface area contributed by atoms with Crippen molar-refractivity contribution in [1.82, 2.24) is 19.5 Å². The fraction of sp³-hybridized carbons (Fsp3) is 0.462. The van der Waals surface area contributed by atoms with E-state index in [0.717, 1.165) is 40.2 Å². The Morgan fingerprint density at radius 3 is 2.74 bits per heavy atom. The summed E-state index contributed by atoms with van der Waals surface area (Å²) in [6, 6.07) is 0. The molecular formula is C13H19N5S. The first kappa shape index (κ1) is 13.9. The van der Waals surface area contributed by atoms with Gasteiger partial charge in [-0.25, -0.2) is 15.0 Å². The van der Waals surface area contributed by atoms with Crippen molar-refractivity contribution in [2.45, 2.75) is 36.9 Å². The van der Waals surface area contributed by atoms with Crippen LogP contribution in [0.25, 0.3) is 0 Å². The van der Waals surface area contributed by atoms with E-state index in [4.69, 9.17) is 0 Å². The lowest BCUT2D eigenvalue weighted by Crippen LogP contribution is -2.05. The third kappa shape index (κ3) is 3.07. The van der Waals surface area contributed by atoms with Crippen LogP contribution in [-0.2, 0) is 13.5 Å². The van der Waals surface area contributed by atoms with Crippen LogP contribution in [0, 0.1) is 6.92 Å². The summed E-state index contributed by atoms with van der Waals surface area (Å²) < 4.78 is 1.99. The molecule has 1 N–H and O–H groups in total. The van der Waals surface area contributed by atoms with Gasteiger partial charge in [-0.3, -0.25) is 0 Å². The second kappa shape index (κ2) is 6.06. The number of nitrogens with zero attached hydrogens (tertiary/aromatic N) is 4. The maximum Gasteiger partial charge on any atom is 0.174 e. The highest BCUT2D eigenvalue weighted by atomic mass is 32.2. The summed E-state index contributed by atoms with van der Waals surface area (Å²) in [5.74, 6) is 1.78. The predicted molar refractivity (Wildman–Crippen MR) is 77.6 cm³/mol. The molecule has 0 aliphatic carbocycles. The maximum atomic E-state index is 4.65. The van der Waals surface area contributed by atoms with Crippen LogP contribution in [0.3, 0.4) is 0 Å². The highest BCUT2D eigenvalue weighted by molar-refractivity contribution is 7.99. The molecule has 19 heavy (non-hydrogen) atoms. The van der Waals surface area contributed by atoms with Crippen LogP contribution in [0.1, 0.15) is 24.7 Å². The Morgan fingerprint density at radius 2 is 2.16 bits per heavy atom. The van der Waals surface area contributed by atoms with E-state index >= 15 is 0 Å². The average molecular weight is 277 g/mol. The number of rotatable bonds is 5. The SMILES string of the molecule is CCCc1nc(NC)c(C)c(Sc2nccn2C)n1. The van der Waals surface area contributed by atoms with E-state index in [1.165, 1.54) is 0 Å². The minimum Gasteiger partial charge on any atom is -0.373 e. The van der Waals surface area contributed by atoms with E-state index < -0.39 is 0 Å². The molecule has 0 saturated carbocycles. The van der Waals surface area contributed by atoms with Gasteiger partial charge in [0.2, 0.25) is 0 Å². The van der Waals surface area contributed by atoms with Gasteiger partial charge in [0, 0.05) is 38.5 Å². The van der Waals surface area contributed by atoms with E-state index in [1.54, 1.807) is 18.0 Å². The molecule has 2 rings (SSSR count). The van der Waals surface area contributed by atoms with Crippen molar-refractivity contribution in [3.63, 3.8) is 0 Å². The van der Waals surface area contributed by atoms with Crippen molar-refractivity contribution in [3.05, 3.63) is 23.8 Å². The predicted octanol–water partition coefficient (Wildman–Crippen LogP) is 2.66. The summed E-state index contributed by atoms with van der Waals surface area (Å²) in [5, 5.41) is 5.04. The molecule has 0 aliphatic heterocycles. The van der Waals surface area contributed by atoms with Crippen molar-refractivity contribution in [3.8, 4) is 0 Å². The Bertz CT molecular complexity index is 564. The second-order valence-corrected chi connectivity index (χ2v) is 5.30. The molecule has 0 saturated heterocycles. The Hall–Kier alpha value is -1.56. The van der Waals surface area contributed by atoms with Crippen LogP contribution in [0.5, 0.6) is 0 Å². The van der Waals surface area contributed by atoms with Crippen molar-refractivity contribution in [2.75, 3.05) is 12.4 Å². The molecule has 2 heterocycles. The summed E-state index contributed by atoms with van der Waals surface area (Å²) in [7, 11) is 3.87. The highest BCUT2D eigenvalue weighted by Gasteiger charge is 2.13. The topological polar surface area (TPSA) is 55.6 Å². The lowest BCUT2D eigenvalue weighted by molar-refractivity contribution is 0.779. The van der Waals surface area contributed by atoms with Gasteiger partial charge in [-0.1, -0.05) is 6.92 Å². The molecule has 102 valence electrons. The third-order valence-corrected chi connectivity index (χ3v) is 3.99. The summed E-state index contributed by atoms with van der Waals surface area (Å²) in [6.07, 6.45) is 5.66. The summed E-state index contributed by atoms with van der Waals surface area (Å²) >= 11 is 1.58. The number of aryl methyl sites for hydroxylation is 2. The van der Waals surface area contributed by atoms with Crippen molar-refractivity contribution in [1.29, 1.82) is 0 Å². The fourth-order valence-corrected chi connectivity index (χ4v) is 2.65. The molecular weight excluding hydrogens is 258 g/mol. The van der Waals surface area contributed by atoms with Gasteiger partial charge in [0.15, 0.2) is 5.16 Å². The van der Waals surface area contributed by atoms with Gasteiger partial charge in [0.1, 0.15) is 16.7 Å². The standard InChI is InChI=1S/C13H19N5S/c1-5-6-10-16-11(14-3)9(2)12(17-10)19-13-15-7-8-18(13)4/h7-8H,5-6H2,1-4H3,(H,14,16,17). The van der Waals surface area contributed by atoms with E-state index in [-0.39, 0.29) is 0 Å². The zero-order valence-electron chi connectivity index (χ0n) is 11.8. The average Bonchev–Trinajstić information content (AvgIpc) is 2.79. The molecule has 0 aromatic carbocycles. The fourth-order valence-electron chi connectivity index (χ4n) is 1.76. The number of imidazole rings is 1. The zero-order valence-corrected chi connectivity index (χ0v) is 12.6. The van der Waals surface area contributed by atoms with Gasteiger partial charge in [-0.2, -0.15) is 0 Å². The molecule has 0 radical (unpaired) electrons. The first-order valence-corrected chi connectivity index (χ1v) is 7.17. The number of hydrogen-bond donors (Lipinski definition) is 1. The molecule has 0 aliphatic rings. The smallest absolute Gasteiger partial charge is 0.174 e. The summed E-state index contributed by atoms with van der Waals surface area (Å²) in [5.41, 5.74) is 1.07. The highest BCUT2D eigenvalue weighted by Crippen LogP contribution is 2.30. The number of anilines is 1. The molecule has 0 fully saturated rings. The van der Waals surface area contributed by atoms with Crippen LogP contribution >= 0.6 is 11.8 Å². The zero-order chi connectivity index (χ0) is 13.8. The molecule has 6 heteroatoms. The van der Waals surface area contributed by atoms with Crippen LogP contribution in [0.15, 0.2) is 22.6 Å². The number of aromatic nitrogens is 4. The van der Waals surface area contributed by atoms with Crippen LogP contribution in [0.2, 0.25) is 0 Å². The Labute approximate surface area is 117 Å². The molecule has 0 atom stereocenters. The van der Waals surface area contributed by atoms with Crippen molar-refractivity contribution in [2.24, 2.45) is 7.05 Å². The minimum absolute atomic E-state index is 0.883. The summed E-state index contributed by atoms with van der Waals surface area (Å²) in [4.78, 5) is 13.5. The molecule has 0 spiro atoms. The minimum atomic E-state index is 0.883. The molecule has 0 bridgehead atoms. The van der Waals surface area contributed by atoms with Crippen molar-refractivity contribution < 1.29 is 0 Å². The van der Waals surface area contributed by atoms with Crippen LogP contribution in [0.4, 0.5) is 5.82 Å². The van der Waals surface area contributed by atoms with E-state index in [9.17, 15) is 0 Å². The molecule has 5 nitrogen and oxygen atoms in total. The first-order valence-electron chi connectivity index (χ1n) is 6.36. The number of hydrogen-bond acceptors (Lipinski definition) is 5. The van der Waals surface area contributed by atoms with Crippen LogP contribution in [-0.4, -0.2) is 26.6 Å². The Balaban J connectivity index is 2.37. The van der Waals surface area contributed by atoms with E-state index in [0.29, 0.717) is 0 Å². The molecule has 0 unspecified atom stereocenters. The van der Waals surface area contributed by atoms with Crippen molar-refractivity contribution >= 4 is 17.6 Å². The second-order valence-electron chi connectivity index (χ2n) is 4.34.